The summed E-state index contributed by atoms with van der Waals surface area (Å²) in [6.07, 6.45) is 0.679. The molecule has 0 atom stereocenters. The Kier molecular flexibility index (Phi) is 5.80. The number of anilines is 1. The van der Waals surface area contributed by atoms with Gasteiger partial charge in [0.15, 0.2) is 0 Å². The topological polar surface area (TPSA) is 58.2 Å². The number of rotatable bonds is 7. The number of nitrogens with one attached hydrogen (secondary N) is 2. The highest BCUT2D eigenvalue weighted by molar-refractivity contribution is 9.11. The molecule has 2 rings (SSSR count). The smallest absolute Gasteiger partial charge is 0.242 e. The SMILES string of the molecule is CCNc1ccccc1S(=O)(=O)NCCc1ccc(Br)s1. The Balaban J connectivity index is 2.04. The fourth-order valence-electron chi connectivity index (χ4n) is 1.91. The second-order valence-electron chi connectivity index (χ2n) is 4.38. The zero-order valence-corrected chi connectivity index (χ0v) is 14.8. The van der Waals surface area contributed by atoms with Gasteiger partial charge in [-0.05, 0) is 53.5 Å². The number of hydrogen-bond donors (Lipinski definition) is 2. The lowest BCUT2D eigenvalue weighted by molar-refractivity contribution is 0.582. The molecular formula is C14H17BrN2O2S2. The molecular weight excluding hydrogens is 372 g/mol. The van der Waals surface area contributed by atoms with Crippen LogP contribution in [0.15, 0.2) is 45.1 Å². The average molecular weight is 389 g/mol. The van der Waals surface area contributed by atoms with Crippen LogP contribution in [0, 0.1) is 0 Å². The number of hydrogen-bond acceptors (Lipinski definition) is 4. The molecule has 0 aliphatic heterocycles. The molecule has 1 aromatic heterocycles. The molecule has 4 nitrogen and oxygen atoms in total. The molecule has 1 heterocycles. The van der Waals surface area contributed by atoms with E-state index in [-0.39, 0.29) is 0 Å². The van der Waals surface area contributed by atoms with E-state index in [1.165, 1.54) is 0 Å². The molecule has 1 aromatic carbocycles. The van der Waals surface area contributed by atoms with E-state index in [1.807, 2.05) is 25.1 Å². The van der Waals surface area contributed by atoms with Crippen LogP contribution in [-0.2, 0) is 16.4 Å². The number of para-hydroxylation sites is 1. The van der Waals surface area contributed by atoms with Crippen LogP contribution in [0.2, 0.25) is 0 Å². The molecule has 0 aliphatic rings. The van der Waals surface area contributed by atoms with Gasteiger partial charge in [0.2, 0.25) is 10.0 Å². The van der Waals surface area contributed by atoms with Gasteiger partial charge in [-0.1, -0.05) is 12.1 Å². The van der Waals surface area contributed by atoms with Crippen molar-refractivity contribution in [2.45, 2.75) is 18.2 Å². The van der Waals surface area contributed by atoms with Crippen molar-refractivity contribution in [2.75, 3.05) is 18.4 Å². The Hall–Kier alpha value is -0.890. The highest BCUT2D eigenvalue weighted by Gasteiger charge is 2.17. The summed E-state index contributed by atoms with van der Waals surface area (Å²) in [5.41, 5.74) is 0.631. The molecule has 0 bridgehead atoms. The number of halogens is 1. The molecule has 0 aliphatic carbocycles. The van der Waals surface area contributed by atoms with E-state index in [0.717, 1.165) is 8.66 Å². The lowest BCUT2D eigenvalue weighted by Gasteiger charge is -2.11. The summed E-state index contributed by atoms with van der Waals surface area (Å²) >= 11 is 5.01. The fraction of sp³-hybridized carbons (Fsp3) is 0.286. The van der Waals surface area contributed by atoms with E-state index in [2.05, 4.69) is 26.0 Å². The Morgan fingerprint density at radius 1 is 1.19 bits per heavy atom. The van der Waals surface area contributed by atoms with E-state index < -0.39 is 10.0 Å². The Morgan fingerprint density at radius 3 is 2.62 bits per heavy atom. The normalized spacial score (nSPS) is 11.5. The summed E-state index contributed by atoms with van der Waals surface area (Å²) in [5.74, 6) is 0. The first-order valence-corrected chi connectivity index (χ1v) is 9.69. The summed E-state index contributed by atoms with van der Waals surface area (Å²) < 4.78 is 28.4. The van der Waals surface area contributed by atoms with Gasteiger partial charge in [-0.25, -0.2) is 13.1 Å². The number of thiophene rings is 1. The molecule has 0 spiro atoms. The van der Waals surface area contributed by atoms with Crippen molar-refractivity contribution in [3.8, 4) is 0 Å². The van der Waals surface area contributed by atoms with Crippen molar-refractivity contribution in [3.05, 3.63) is 45.1 Å². The first-order valence-electron chi connectivity index (χ1n) is 6.59. The van der Waals surface area contributed by atoms with E-state index in [0.29, 0.717) is 30.1 Å². The van der Waals surface area contributed by atoms with Crippen LogP contribution in [0.3, 0.4) is 0 Å². The number of benzene rings is 1. The van der Waals surface area contributed by atoms with Gasteiger partial charge in [0.1, 0.15) is 4.90 Å². The van der Waals surface area contributed by atoms with Crippen LogP contribution in [0.25, 0.3) is 0 Å². The third kappa shape index (κ3) is 4.54. The van der Waals surface area contributed by atoms with Gasteiger partial charge < -0.3 is 5.32 Å². The molecule has 0 amide bonds. The Labute approximate surface area is 137 Å². The van der Waals surface area contributed by atoms with Crippen molar-refractivity contribution >= 4 is 43.0 Å². The average Bonchev–Trinajstić information content (AvgIpc) is 2.85. The summed E-state index contributed by atoms with van der Waals surface area (Å²) in [6, 6.07) is 10.9. The summed E-state index contributed by atoms with van der Waals surface area (Å²) in [6.45, 7) is 3.00. The van der Waals surface area contributed by atoms with Crippen LogP contribution in [0.5, 0.6) is 0 Å². The van der Waals surface area contributed by atoms with Gasteiger partial charge in [-0.15, -0.1) is 11.3 Å². The maximum Gasteiger partial charge on any atom is 0.242 e. The van der Waals surface area contributed by atoms with Crippen molar-refractivity contribution in [1.82, 2.24) is 4.72 Å². The molecule has 0 saturated carbocycles. The monoisotopic (exact) mass is 388 g/mol. The quantitative estimate of drug-likeness (QED) is 0.763. The number of sulfonamides is 1. The summed E-state index contributed by atoms with van der Waals surface area (Å²) in [7, 11) is -3.50. The molecule has 21 heavy (non-hydrogen) atoms. The third-order valence-electron chi connectivity index (χ3n) is 2.84. The van der Waals surface area contributed by atoms with Crippen LogP contribution in [0.4, 0.5) is 5.69 Å². The van der Waals surface area contributed by atoms with E-state index in [1.54, 1.807) is 29.5 Å². The van der Waals surface area contributed by atoms with Crippen LogP contribution in [-0.4, -0.2) is 21.5 Å². The standard InChI is InChI=1S/C14H17BrN2O2S2/c1-2-16-12-5-3-4-6-13(12)21(18,19)17-10-9-11-7-8-14(15)20-11/h3-8,16-17H,2,9-10H2,1H3. The zero-order chi connectivity index (χ0) is 15.3. The van der Waals surface area contributed by atoms with Crippen molar-refractivity contribution < 1.29 is 8.42 Å². The maximum atomic E-state index is 12.4. The second kappa shape index (κ2) is 7.40. The van der Waals surface area contributed by atoms with E-state index >= 15 is 0 Å². The molecule has 2 aromatic rings. The van der Waals surface area contributed by atoms with Crippen LogP contribution >= 0.6 is 27.3 Å². The van der Waals surface area contributed by atoms with Gasteiger partial charge in [0.05, 0.1) is 9.47 Å². The minimum atomic E-state index is -3.50. The van der Waals surface area contributed by atoms with E-state index in [4.69, 9.17) is 0 Å². The Bertz CT molecular complexity index is 699. The lowest BCUT2D eigenvalue weighted by Crippen LogP contribution is -2.26. The van der Waals surface area contributed by atoms with Gasteiger partial charge in [-0.3, -0.25) is 0 Å². The Morgan fingerprint density at radius 2 is 1.95 bits per heavy atom. The fourth-order valence-corrected chi connectivity index (χ4v) is 4.61. The van der Waals surface area contributed by atoms with Gasteiger partial charge in [0.25, 0.3) is 0 Å². The summed E-state index contributed by atoms with van der Waals surface area (Å²) in [5, 5.41) is 3.07. The van der Waals surface area contributed by atoms with Crippen molar-refractivity contribution in [3.63, 3.8) is 0 Å². The highest BCUT2D eigenvalue weighted by Crippen LogP contribution is 2.23. The third-order valence-corrected chi connectivity index (χ3v) is 6.04. The van der Waals surface area contributed by atoms with Crippen LogP contribution < -0.4 is 10.0 Å². The first-order chi connectivity index (χ1) is 10.0. The molecule has 0 radical (unpaired) electrons. The van der Waals surface area contributed by atoms with Gasteiger partial charge in [-0.2, -0.15) is 0 Å². The van der Waals surface area contributed by atoms with E-state index in [9.17, 15) is 8.42 Å². The van der Waals surface area contributed by atoms with Crippen LogP contribution in [0.1, 0.15) is 11.8 Å². The molecule has 0 fully saturated rings. The summed E-state index contributed by atoms with van der Waals surface area (Å²) in [4.78, 5) is 1.43. The van der Waals surface area contributed by atoms with Gasteiger partial charge >= 0.3 is 0 Å². The van der Waals surface area contributed by atoms with Gasteiger partial charge in [0, 0.05) is 18.0 Å². The predicted octanol–water partition coefficient (Wildman–Crippen LogP) is 3.46. The first kappa shape index (κ1) is 16.5. The minimum absolute atomic E-state index is 0.291. The molecule has 0 unspecified atom stereocenters. The molecule has 2 N–H and O–H groups in total. The molecule has 114 valence electrons. The van der Waals surface area contributed by atoms with Crippen molar-refractivity contribution in [2.24, 2.45) is 0 Å². The largest absolute Gasteiger partial charge is 0.384 e. The minimum Gasteiger partial charge on any atom is -0.384 e. The lowest BCUT2D eigenvalue weighted by atomic mass is 10.3. The zero-order valence-electron chi connectivity index (χ0n) is 11.6. The highest BCUT2D eigenvalue weighted by atomic mass is 79.9. The predicted molar refractivity (Wildman–Crippen MR) is 91.5 cm³/mol. The molecule has 7 heteroatoms. The molecule has 0 saturated heterocycles. The van der Waals surface area contributed by atoms with Crippen molar-refractivity contribution in [1.29, 1.82) is 0 Å². The second-order valence-corrected chi connectivity index (χ2v) is 8.66. The maximum absolute atomic E-state index is 12.4.